The monoisotopic (exact) mass is 265 g/mol. The molecule has 106 valence electrons. The Morgan fingerprint density at radius 1 is 1.37 bits per heavy atom. The van der Waals surface area contributed by atoms with E-state index < -0.39 is 0 Å². The van der Waals surface area contributed by atoms with Crippen molar-refractivity contribution in [3.05, 3.63) is 17.5 Å². The molecule has 1 saturated carbocycles. The highest BCUT2D eigenvalue weighted by atomic mass is 16.5. The highest BCUT2D eigenvalue weighted by molar-refractivity contribution is 5.78. The second-order valence-electron chi connectivity index (χ2n) is 5.29. The number of aryl methyl sites for hydroxylation is 1. The summed E-state index contributed by atoms with van der Waals surface area (Å²) >= 11 is 0. The lowest BCUT2D eigenvalue weighted by molar-refractivity contribution is -0.121. The van der Waals surface area contributed by atoms with E-state index in [1.54, 1.807) is 0 Å². The number of carbonyl (C=O) groups excluding carboxylic acids is 1. The van der Waals surface area contributed by atoms with E-state index in [1.807, 2.05) is 13.0 Å². The average Bonchev–Trinajstić information content (AvgIpc) is 2.63. The van der Waals surface area contributed by atoms with Crippen LogP contribution in [0.2, 0.25) is 0 Å². The molecule has 1 fully saturated rings. The van der Waals surface area contributed by atoms with E-state index in [9.17, 15) is 4.79 Å². The van der Waals surface area contributed by atoms with Crippen molar-refractivity contribution in [2.24, 2.45) is 0 Å². The van der Waals surface area contributed by atoms with Crippen LogP contribution in [0.3, 0.4) is 0 Å². The first-order chi connectivity index (χ1) is 9.24. The van der Waals surface area contributed by atoms with Crippen LogP contribution in [0.4, 0.5) is 0 Å². The smallest absolute Gasteiger partial charge is 0.234 e. The average molecular weight is 265 g/mol. The van der Waals surface area contributed by atoms with Crippen LogP contribution in [-0.4, -0.2) is 23.7 Å². The lowest BCUT2D eigenvalue weighted by Crippen LogP contribution is -2.40. The SMILES string of the molecule is Cc1cc(CNCC(=O)NC2CCCCCC2)no1. The fourth-order valence-electron chi connectivity index (χ4n) is 2.51. The van der Waals surface area contributed by atoms with Gasteiger partial charge in [-0.15, -0.1) is 0 Å². The van der Waals surface area contributed by atoms with Gasteiger partial charge in [-0.1, -0.05) is 30.8 Å². The predicted octanol–water partition coefficient (Wildman–Crippen LogP) is 1.91. The van der Waals surface area contributed by atoms with Gasteiger partial charge in [0.2, 0.25) is 5.91 Å². The van der Waals surface area contributed by atoms with E-state index >= 15 is 0 Å². The third-order valence-electron chi connectivity index (χ3n) is 3.49. The largest absolute Gasteiger partial charge is 0.361 e. The molecule has 2 N–H and O–H groups in total. The molecule has 0 radical (unpaired) electrons. The van der Waals surface area contributed by atoms with Crippen molar-refractivity contribution in [1.29, 1.82) is 0 Å². The molecule has 0 atom stereocenters. The van der Waals surface area contributed by atoms with Crippen molar-refractivity contribution in [3.8, 4) is 0 Å². The zero-order valence-electron chi connectivity index (χ0n) is 11.6. The van der Waals surface area contributed by atoms with E-state index in [-0.39, 0.29) is 5.91 Å². The molecule has 1 aliphatic rings. The van der Waals surface area contributed by atoms with Crippen molar-refractivity contribution in [1.82, 2.24) is 15.8 Å². The lowest BCUT2D eigenvalue weighted by atomic mass is 10.1. The summed E-state index contributed by atoms with van der Waals surface area (Å²) < 4.78 is 4.97. The van der Waals surface area contributed by atoms with E-state index in [0.29, 0.717) is 19.1 Å². The van der Waals surface area contributed by atoms with Crippen molar-refractivity contribution >= 4 is 5.91 Å². The molecule has 1 aromatic heterocycles. The highest BCUT2D eigenvalue weighted by Crippen LogP contribution is 2.16. The predicted molar refractivity (Wildman–Crippen MR) is 72.6 cm³/mol. The number of hydrogen-bond acceptors (Lipinski definition) is 4. The third-order valence-corrected chi connectivity index (χ3v) is 3.49. The van der Waals surface area contributed by atoms with Gasteiger partial charge in [-0.05, 0) is 19.8 Å². The fraction of sp³-hybridized carbons (Fsp3) is 0.714. The van der Waals surface area contributed by atoms with Crippen LogP contribution in [0.15, 0.2) is 10.6 Å². The Hall–Kier alpha value is -1.36. The van der Waals surface area contributed by atoms with Gasteiger partial charge in [-0.25, -0.2) is 0 Å². The van der Waals surface area contributed by atoms with Gasteiger partial charge in [0.1, 0.15) is 5.76 Å². The summed E-state index contributed by atoms with van der Waals surface area (Å²) in [5.41, 5.74) is 0.833. The first-order valence-corrected chi connectivity index (χ1v) is 7.16. The number of nitrogens with zero attached hydrogens (tertiary/aromatic N) is 1. The van der Waals surface area contributed by atoms with Crippen LogP contribution in [-0.2, 0) is 11.3 Å². The summed E-state index contributed by atoms with van der Waals surface area (Å²) in [5.74, 6) is 0.867. The Labute approximate surface area is 114 Å². The molecule has 0 aromatic carbocycles. The van der Waals surface area contributed by atoms with Gasteiger partial charge in [0, 0.05) is 18.7 Å². The van der Waals surface area contributed by atoms with Crippen LogP contribution in [0, 0.1) is 6.92 Å². The topological polar surface area (TPSA) is 67.2 Å². The number of rotatable bonds is 5. The molecule has 1 aromatic rings. The summed E-state index contributed by atoms with van der Waals surface area (Å²) in [6.07, 6.45) is 7.31. The van der Waals surface area contributed by atoms with Gasteiger partial charge in [0.15, 0.2) is 0 Å². The summed E-state index contributed by atoms with van der Waals surface area (Å²) in [7, 11) is 0. The number of nitrogens with one attached hydrogen (secondary N) is 2. The van der Waals surface area contributed by atoms with Gasteiger partial charge in [-0.2, -0.15) is 0 Å². The zero-order chi connectivity index (χ0) is 13.5. The number of hydrogen-bond donors (Lipinski definition) is 2. The van der Waals surface area contributed by atoms with Gasteiger partial charge in [0.05, 0.1) is 12.2 Å². The Morgan fingerprint density at radius 2 is 2.11 bits per heavy atom. The first-order valence-electron chi connectivity index (χ1n) is 7.16. The highest BCUT2D eigenvalue weighted by Gasteiger charge is 2.14. The minimum absolute atomic E-state index is 0.0760. The van der Waals surface area contributed by atoms with Gasteiger partial charge < -0.3 is 15.2 Å². The Morgan fingerprint density at radius 3 is 2.74 bits per heavy atom. The molecule has 1 amide bonds. The number of amides is 1. The summed E-state index contributed by atoms with van der Waals surface area (Å²) in [6.45, 7) is 2.76. The van der Waals surface area contributed by atoms with Crippen LogP contribution >= 0.6 is 0 Å². The maximum atomic E-state index is 11.8. The molecule has 2 rings (SSSR count). The maximum Gasteiger partial charge on any atom is 0.234 e. The molecule has 0 unspecified atom stereocenters. The second-order valence-corrected chi connectivity index (χ2v) is 5.29. The molecule has 0 bridgehead atoms. The van der Waals surface area contributed by atoms with Crippen LogP contribution in [0.1, 0.15) is 50.0 Å². The molecule has 19 heavy (non-hydrogen) atoms. The van der Waals surface area contributed by atoms with E-state index in [1.165, 1.54) is 25.7 Å². The molecule has 5 nitrogen and oxygen atoms in total. The van der Waals surface area contributed by atoms with E-state index in [4.69, 9.17) is 4.52 Å². The summed E-state index contributed by atoms with van der Waals surface area (Å²) in [4.78, 5) is 11.8. The number of carbonyl (C=O) groups is 1. The summed E-state index contributed by atoms with van der Waals surface area (Å²) in [6, 6.07) is 2.24. The van der Waals surface area contributed by atoms with Crippen LogP contribution in [0.5, 0.6) is 0 Å². The molecule has 0 saturated heterocycles. The van der Waals surface area contributed by atoms with E-state index in [2.05, 4.69) is 15.8 Å². The molecular formula is C14H23N3O2. The quantitative estimate of drug-likeness (QED) is 0.798. The Bertz CT molecular complexity index is 395. The molecule has 1 aliphatic carbocycles. The Kier molecular flexibility index (Phi) is 5.39. The van der Waals surface area contributed by atoms with E-state index in [0.717, 1.165) is 24.3 Å². The number of aromatic nitrogens is 1. The van der Waals surface area contributed by atoms with Crippen molar-refractivity contribution < 1.29 is 9.32 Å². The second kappa shape index (κ2) is 7.28. The molecule has 1 heterocycles. The van der Waals surface area contributed by atoms with Crippen molar-refractivity contribution in [2.45, 2.75) is 58.0 Å². The molecular weight excluding hydrogens is 242 g/mol. The standard InChI is InChI=1S/C14H23N3O2/c1-11-8-13(17-19-11)9-15-10-14(18)16-12-6-4-2-3-5-7-12/h8,12,15H,2-7,9-10H2,1H3,(H,16,18). The first kappa shape index (κ1) is 14.1. The zero-order valence-corrected chi connectivity index (χ0v) is 11.6. The van der Waals surface area contributed by atoms with Gasteiger partial charge in [0.25, 0.3) is 0 Å². The van der Waals surface area contributed by atoms with Gasteiger partial charge in [-0.3, -0.25) is 4.79 Å². The van der Waals surface area contributed by atoms with Gasteiger partial charge >= 0.3 is 0 Å². The minimum Gasteiger partial charge on any atom is -0.361 e. The minimum atomic E-state index is 0.0760. The third kappa shape index (κ3) is 5.03. The maximum absolute atomic E-state index is 11.8. The molecule has 5 heteroatoms. The summed E-state index contributed by atoms with van der Waals surface area (Å²) in [5, 5.41) is 10.1. The van der Waals surface area contributed by atoms with Crippen molar-refractivity contribution in [3.63, 3.8) is 0 Å². The van der Waals surface area contributed by atoms with Crippen LogP contribution < -0.4 is 10.6 Å². The lowest BCUT2D eigenvalue weighted by Gasteiger charge is -2.16. The van der Waals surface area contributed by atoms with Crippen LogP contribution in [0.25, 0.3) is 0 Å². The molecule has 0 spiro atoms. The normalized spacial score (nSPS) is 17.1. The Balaban J connectivity index is 1.63. The molecule has 0 aliphatic heterocycles. The fourth-order valence-corrected chi connectivity index (χ4v) is 2.51. The van der Waals surface area contributed by atoms with Crippen molar-refractivity contribution in [2.75, 3.05) is 6.54 Å².